The molecule has 1 aromatic carbocycles. The number of hydrogen-bond donors (Lipinski definition) is 1. The van der Waals surface area contributed by atoms with Crippen molar-refractivity contribution in [2.75, 3.05) is 13.7 Å². The van der Waals surface area contributed by atoms with E-state index in [0.29, 0.717) is 19.3 Å². The Kier molecular flexibility index (Phi) is 6.54. The molecule has 0 aliphatic rings. The number of nitrogens with one attached hydrogen (secondary N) is 1. The second kappa shape index (κ2) is 8.64. The van der Waals surface area contributed by atoms with Crippen molar-refractivity contribution in [2.45, 2.75) is 31.9 Å². The van der Waals surface area contributed by atoms with Gasteiger partial charge in [0.25, 0.3) is 5.91 Å². The molecule has 1 aromatic heterocycles. The van der Waals surface area contributed by atoms with Gasteiger partial charge in [-0.05, 0) is 18.9 Å². The molecule has 2 aromatic rings. The highest BCUT2D eigenvalue weighted by Crippen LogP contribution is 2.36. The highest BCUT2D eigenvalue weighted by atomic mass is 19.4. The zero-order chi connectivity index (χ0) is 19.2. The number of aromatic nitrogens is 1. The van der Waals surface area contributed by atoms with E-state index in [4.69, 9.17) is 0 Å². The van der Waals surface area contributed by atoms with Crippen LogP contribution in [0.25, 0.3) is 10.9 Å². The minimum Gasteiger partial charge on any atom is -0.469 e. The van der Waals surface area contributed by atoms with Gasteiger partial charge in [-0.15, -0.1) is 0 Å². The molecule has 26 heavy (non-hydrogen) atoms. The lowest BCUT2D eigenvalue weighted by molar-refractivity contribution is -0.140. The number of alkyl halides is 3. The number of benzene rings is 1. The normalized spacial score (nSPS) is 11.4. The lowest BCUT2D eigenvalue weighted by Crippen LogP contribution is -2.27. The number of methoxy groups -OCH3 is 1. The molecule has 0 aliphatic heterocycles. The minimum absolute atomic E-state index is 0.106. The van der Waals surface area contributed by atoms with E-state index >= 15 is 0 Å². The summed E-state index contributed by atoms with van der Waals surface area (Å²) in [5.74, 6) is -1.13. The first-order valence-corrected chi connectivity index (χ1v) is 8.14. The number of esters is 1. The molecule has 1 heterocycles. The maximum Gasteiger partial charge on any atom is 0.417 e. The van der Waals surface area contributed by atoms with E-state index < -0.39 is 23.2 Å². The molecule has 0 fully saturated rings. The monoisotopic (exact) mass is 368 g/mol. The van der Waals surface area contributed by atoms with E-state index in [9.17, 15) is 22.8 Å². The van der Waals surface area contributed by atoms with Gasteiger partial charge in [0.15, 0.2) is 0 Å². The van der Waals surface area contributed by atoms with Gasteiger partial charge < -0.3 is 10.1 Å². The third kappa shape index (κ3) is 4.93. The number of ether oxygens (including phenoxy) is 1. The number of carbonyl (C=O) groups excluding carboxylic acids is 2. The Morgan fingerprint density at radius 3 is 2.58 bits per heavy atom. The second-order valence-corrected chi connectivity index (χ2v) is 5.70. The van der Waals surface area contributed by atoms with Crippen LogP contribution < -0.4 is 5.32 Å². The summed E-state index contributed by atoms with van der Waals surface area (Å²) in [6.07, 6.45) is -1.65. The molecule has 140 valence electrons. The van der Waals surface area contributed by atoms with Crippen LogP contribution in [-0.2, 0) is 15.7 Å². The van der Waals surface area contributed by atoms with E-state index in [1.807, 2.05) is 0 Å². The molecule has 0 radical (unpaired) electrons. The standard InChI is InChI=1S/C18H19F3N2O3/c1-26-15(24)9-3-2-6-10-22-17(25)13-11-23-14-8-5-4-7-12(14)16(13)18(19,20)21/h4-5,7-8,11H,2-3,6,9-10H2,1H3,(H,22,25). The topological polar surface area (TPSA) is 68.3 Å². The third-order valence-corrected chi connectivity index (χ3v) is 3.87. The Morgan fingerprint density at radius 1 is 1.15 bits per heavy atom. The van der Waals surface area contributed by atoms with Gasteiger partial charge >= 0.3 is 12.1 Å². The maximum atomic E-state index is 13.5. The first-order valence-electron chi connectivity index (χ1n) is 8.14. The average molecular weight is 368 g/mol. The van der Waals surface area contributed by atoms with Crippen molar-refractivity contribution in [1.82, 2.24) is 10.3 Å². The first-order chi connectivity index (χ1) is 12.3. The lowest BCUT2D eigenvalue weighted by Gasteiger charge is -2.15. The number of carbonyl (C=O) groups is 2. The predicted octanol–water partition coefficient (Wildman–Crippen LogP) is 3.72. The Hall–Kier alpha value is -2.64. The quantitative estimate of drug-likeness (QED) is 0.597. The Morgan fingerprint density at radius 2 is 1.88 bits per heavy atom. The van der Waals surface area contributed by atoms with E-state index in [1.54, 1.807) is 6.07 Å². The molecule has 0 spiro atoms. The molecule has 0 unspecified atom stereocenters. The summed E-state index contributed by atoms with van der Waals surface area (Å²) in [6, 6.07) is 5.83. The summed E-state index contributed by atoms with van der Waals surface area (Å²) in [7, 11) is 1.30. The molecule has 0 saturated heterocycles. The molecule has 5 nitrogen and oxygen atoms in total. The number of nitrogens with zero attached hydrogens (tertiary/aromatic N) is 1. The van der Waals surface area contributed by atoms with Crippen LogP contribution in [0.4, 0.5) is 13.2 Å². The summed E-state index contributed by atoms with van der Waals surface area (Å²) in [4.78, 5) is 27.1. The number of rotatable bonds is 7. The molecule has 1 N–H and O–H groups in total. The Balaban J connectivity index is 2.05. The van der Waals surface area contributed by atoms with Crippen LogP contribution in [-0.4, -0.2) is 30.5 Å². The van der Waals surface area contributed by atoms with Crippen molar-refractivity contribution < 1.29 is 27.5 Å². The first kappa shape index (κ1) is 19.7. The van der Waals surface area contributed by atoms with Crippen LogP contribution in [0.15, 0.2) is 30.5 Å². The smallest absolute Gasteiger partial charge is 0.417 e. The molecule has 0 saturated carbocycles. The van der Waals surface area contributed by atoms with Crippen LogP contribution in [0, 0.1) is 0 Å². The number of fused-ring (bicyclic) bond motifs is 1. The van der Waals surface area contributed by atoms with Crippen molar-refractivity contribution in [2.24, 2.45) is 0 Å². The van der Waals surface area contributed by atoms with Gasteiger partial charge in [-0.1, -0.05) is 24.6 Å². The molecule has 2 rings (SSSR count). The van der Waals surface area contributed by atoms with E-state index in [2.05, 4.69) is 15.0 Å². The number of amides is 1. The fourth-order valence-corrected chi connectivity index (χ4v) is 2.59. The van der Waals surface area contributed by atoms with Gasteiger partial charge in [-0.25, -0.2) is 0 Å². The zero-order valence-electron chi connectivity index (χ0n) is 14.2. The third-order valence-electron chi connectivity index (χ3n) is 3.87. The molecule has 1 amide bonds. The minimum atomic E-state index is -4.67. The van der Waals surface area contributed by atoms with Crippen molar-refractivity contribution in [3.8, 4) is 0 Å². The summed E-state index contributed by atoms with van der Waals surface area (Å²) in [5.41, 5.74) is -1.30. The SMILES string of the molecule is COC(=O)CCCCCNC(=O)c1cnc2ccccc2c1C(F)(F)F. The molecule has 0 bridgehead atoms. The number of halogens is 3. The number of para-hydroxylation sites is 1. The van der Waals surface area contributed by atoms with Crippen LogP contribution in [0.2, 0.25) is 0 Å². The van der Waals surface area contributed by atoms with E-state index in [1.165, 1.54) is 25.3 Å². The average Bonchev–Trinajstić information content (AvgIpc) is 2.62. The summed E-state index contributed by atoms with van der Waals surface area (Å²) >= 11 is 0. The molecular formula is C18H19F3N2O3. The summed E-state index contributed by atoms with van der Waals surface area (Å²) in [6.45, 7) is 0.212. The largest absolute Gasteiger partial charge is 0.469 e. The lowest BCUT2D eigenvalue weighted by atomic mass is 10.0. The van der Waals surface area contributed by atoms with Gasteiger partial charge in [-0.3, -0.25) is 14.6 Å². The van der Waals surface area contributed by atoms with Gasteiger partial charge in [0, 0.05) is 24.5 Å². The van der Waals surface area contributed by atoms with Gasteiger partial charge in [0.2, 0.25) is 0 Å². The van der Waals surface area contributed by atoms with Gasteiger partial charge in [0.05, 0.1) is 23.8 Å². The highest BCUT2D eigenvalue weighted by Gasteiger charge is 2.37. The fraction of sp³-hybridized carbons (Fsp3) is 0.389. The highest BCUT2D eigenvalue weighted by molar-refractivity contribution is 6.00. The second-order valence-electron chi connectivity index (χ2n) is 5.70. The van der Waals surface area contributed by atoms with Crippen molar-refractivity contribution >= 4 is 22.8 Å². The zero-order valence-corrected chi connectivity index (χ0v) is 14.2. The number of unbranched alkanes of at least 4 members (excludes halogenated alkanes) is 2. The van der Waals surface area contributed by atoms with Crippen LogP contribution >= 0.6 is 0 Å². The molecular weight excluding hydrogens is 349 g/mol. The van der Waals surface area contributed by atoms with Gasteiger partial charge in [-0.2, -0.15) is 13.2 Å². The fourth-order valence-electron chi connectivity index (χ4n) is 2.59. The molecule has 0 aliphatic carbocycles. The van der Waals surface area contributed by atoms with Crippen LogP contribution in [0.3, 0.4) is 0 Å². The van der Waals surface area contributed by atoms with E-state index in [-0.39, 0.29) is 29.8 Å². The van der Waals surface area contributed by atoms with Crippen molar-refractivity contribution in [3.63, 3.8) is 0 Å². The van der Waals surface area contributed by atoms with Crippen LogP contribution in [0.1, 0.15) is 41.6 Å². The summed E-state index contributed by atoms with van der Waals surface area (Å²) < 4.78 is 45.0. The Labute approximate surface area is 148 Å². The van der Waals surface area contributed by atoms with Gasteiger partial charge in [0.1, 0.15) is 0 Å². The van der Waals surface area contributed by atoms with Crippen molar-refractivity contribution in [3.05, 3.63) is 41.6 Å². The molecule has 0 atom stereocenters. The number of pyridine rings is 1. The maximum absolute atomic E-state index is 13.5. The summed E-state index contributed by atoms with van der Waals surface area (Å²) in [5, 5.41) is 2.38. The van der Waals surface area contributed by atoms with Crippen LogP contribution in [0.5, 0.6) is 0 Å². The molecule has 8 heteroatoms. The van der Waals surface area contributed by atoms with Crippen molar-refractivity contribution in [1.29, 1.82) is 0 Å². The number of hydrogen-bond acceptors (Lipinski definition) is 4. The Bertz CT molecular complexity index is 791. The van der Waals surface area contributed by atoms with E-state index in [0.717, 1.165) is 6.20 Å². The predicted molar refractivity (Wildman–Crippen MR) is 89.6 cm³/mol.